The van der Waals surface area contributed by atoms with Gasteiger partial charge in [0.2, 0.25) is 0 Å². The fourth-order valence-electron chi connectivity index (χ4n) is 2.48. The summed E-state index contributed by atoms with van der Waals surface area (Å²) >= 11 is 0. The Balaban J connectivity index is 0. The summed E-state index contributed by atoms with van der Waals surface area (Å²) in [4.78, 5) is 14.0. The van der Waals surface area contributed by atoms with Gasteiger partial charge >= 0.3 is 5.97 Å². The highest BCUT2D eigenvalue weighted by molar-refractivity contribution is 5.85. The zero-order valence-electron chi connectivity index (χ0n) is 17.8. The van der Waals surface area contributed by atoms with Crippen molar-refractivity contribution < 1.29 is 9.53 Å². The first-order chi connectivity index (χ1) is 11.9. The number of rotatable bonds is 13. The van der Waals surface area contributed by atoms with E-state index in [1.54, 1.807) is 0 Å². The average Bonchev–Trinajstić information content (AvgIpc) is 2.55. The quantitative estimate of drug-likeness (QED) is 0.283. The van der Waals surface area contributed by atoms with E-state index < -0.39 is 0 Å². The molecule has 0 spiro atoms. The van der Waals surface area contributed by atoms with E-state index in [1.807, 2.05) is 6.08 Å². The van der Waals surface area contributed by atoms with Crippen LogP contribution in [-0.2, 0) is 9.53 Å². The molecule has 0 aliphatic carbocycles. The van der Waals surface area contributed by atoms with Crippen molar-refractivity contribution in [2.24, 2.45) is 0 Å². The van der Waals surface area contributed by atoms with E-state index in [0.29, 0.717) is 13.0 Å². The molecule has 0 heterocycles. The van der Waals surface area contributed by atoms with Crippen molar-refractivity contribution in [2.45, 2.75) is 73.6 Å². The monoisotopic (exact) mass is 385 g/mol. The fraction of sp³-hybridized carbons (Fsp3) is 0.682. The number of hydrogen-bond donors (Lipinski definition) is 0. The molecule has 0 N–H and O–H groups in total. The van der Waals surface area contributed by atoms with E-state index in [2.05, 4.69) is 58.6 Å². The Bertz CT molecular complexity index is 459. The third-order valence-corrected chi connectivity index (χ3v) is 4.33. The van der Waals surface area contributed by atoms with Crippen molar-refractivity contribution >= 4 is 18.4 Å². The largest absolute Gasteiger partial charge is 0.461 e. The maximum absolute atomic E-state index is 11.7. The second kappa shape index (κ2) is 17.4. The highest BCUT2D eigenvalue weighted by Gasteiger charge is 2.05. The summed E-state index contributed by atoms with van der Waals surface area (Å²) in [6.07, 6.45) is 11.5. The predicted octanol–water partition coefficient (Wildman–Crippen LogP) is 6.10. The highest BCUT2D eigenvalue weighted by atomic mass is 35.5. The van der Waals surface area contributed by atoms with E-state index in [-0.39, 0.29) is 18.4 Å². The van der Waals surface area contributed by atoms with Gasteiger partial charge in [-0.3, -0.25) is 4.79 Å². The van der Waals surface area contributed by atoms with E-state index in [9.17, 15) is 4.79 Å². The molecular formula is C22H40ClNO2. The Morgan fingerprint density at radius 3 is 1.92 bits per heavy atom. The average molecular weight is 386 g/mol. The van der Waals surface area contributed by atoms with Gasteiger partial charge in [0.1, 0.15) is 6.61 Å². The Morgan fingerprint density at radius 2 is 1.38 bits per heavy atom. The summed E-state index contributed by atoms with van der Waals surface area (Å²) in [5.41, 5.74) is 4.12. The first-order valence-corrected chi connectivity index (χ1v) is 9.71. The zero-order chi connectivity index (χ0) is 19.1. The van der Waals surface area contributed by atoms with Crippen LogP contribution in [0, 0.1) is 0 Å². The van der Waals surface area contributed by atoms with Crippen LogP contribution in [0.3, 0.4) is 0 Å². The standard InChI is InChI=1S/C22H39NO2.ClH/c1-7-23(8-2)17-15-22(24)25-18-16-21(6)14-10-13-20(5)12-9-11-19(3)4;/h11,13,16H,7-10,12,14-15,17-18H2,1-6H3;1H. The van der Waals surface area contributed by atoms with Gasteiger partial charge in [-0.2, -0.15) is 0 Å². The minimum atomic E-state index is -0.106. The molecular weight excluding hydrogens is 346 g/mol. The van der Waals surface area contributed by atoms with Crippen LogP contribution in [0.1, 0.15) is 73.6 Å². The number of esters is 1. The van der Waals surface area contributed by atoms with Crippen LogP contribution in [0.4, 0.5) is 0 Å². The molecule has 152 valence electrons. The van der Waals surface area contributed by atoms with Gasteiger partial charge in [-0.25, -0.2) is 0 Å². The number of halogens is 1. The van der Waals surface area contributed by atoms with Crippen LogP contribution < -0.4 is 0 Å². The van der Waals surface area contributed by atoms with Gasteiger partial charge < -0.3 is 9.64 Å². The number of ether oxygens (including phenoxy) is 1. The Morgan fingerprint density at radius 1 is 0.846 bits per heavy atom. The van der Waals surface area contributed by atoms with Crippen LogP contribution in [0.15, 0.2) is 34.9 Å². The molecule has 0 aromatic carbocycles. The van der Waals surface area contributed by atoms with E-state index >= 15 is 0 Å². The lowest BCUT2D eigenvalue weighted by Crippen LogP contribution is -2.26. The Kier molecular flexibility index (Phi) is 18.1. The summed E-state index contributed by atoms with van der Waals surface area (Å²) in [5.74, 6) is -0.106. The Labute approximate surface area is 168 Å². The lowest BCUT2D eigenvalue weighted by molar-refractivity contribution is -0.142. The van der Waals surface area contributed by atoms with Crippen LogP contribution in [0.5, 0.6) is 0 Å². The predicted molar refractivity (Wildman–Crippen MR) is 116 cm³/mol. The first kappa shape index (κ1) is 27.2. The number of allylic oxidation sites excluding steroid dienone is 5. The summed E-state index contributed by atoms with van der Waals surface area (Å²) < 4.78 is 5.29. The van der Waals surface area contributed by atoms with Crippen LogP contribution in [-0.4, -0.2) is 37.1 Å². The van der Waals surface area contributed by atoms with E-state index in [1.165, 1.54) is 16.7 Å². The molecule has 3 nitrogen and oxygen atoms in total. The molecule has 0 unspecified atom stereocenters. The van der Waals surface area contributed by atoms with Crippen LogP contribution >= 0.6 is 12.4 Å². The molecule has 0 atom stereocenters. The lowest BCUT2D eigenvalue weighted by Gasteiger charge is -2.16. The molecule has 0 aliphatic heterocycles. The summed E-state index contributed by atoms with van der Waals surface area (Å²) in [7, 11) is 0. The number of hydrogen-bond acceptors (Lipinski definition) is 3. The van der Waals surface area contributed by atoms with Gasteiger partial charge in [0.15, 0.2) is 0 Å². The maximum Gasteiger partial charge on any atom is 0.307 e. The normalized spacial score (nSPS) is 12.0. The molecule has 0 radical (unpaired) electrons. The van der Waals surface area contributed by atoms with Crippen molar-refractivity contribution in [1.29, 1.82) is 0 Å². The van der Waals surface area contributed by atoms with E-state index in [4.69, 9.17) is 4.74 Å². The SMILES string of the molecule is CCN(CC)CCC(=O)OCC=C(C)CCC=C(C)CCC=C(C)C.Cl. The second-order valence-corrected chi connectivity index (χ2v) is 6.92. The first-order valence-electron chi connectivity index (χ1n) is 9.71. The molecule has 0 saturated carbocycles. The fourth-order valence-corrected chi connectivity index (χ4v) is 2.48. The minimum Gasteiger partial charge on any atom is -0.461 e. The molecule has 0 aromatic rings. The van der Waals surface area contributed by atoms with Gasteiger partial charge in [0, 0.05) is 6.54 Å². The zero-order valence-corrected chi connectivity index (χ0v) is 18.6. The summed E-state index contributed by atoms with van der Waals surface area (Å²) in [6.45, 7) is 15.9. The van der Waals surface area contributed by atoms with Crippen molar-refractivity contribution in [3.8, 4) is 0 Å². The smallest absolute Gasteiger partial charge is 0.307 e. The third-order valence-electron chi connectivity index (χ3n) is 4.33. The van der Waals surface area contributed by atoms with E-state index in [0.717, 1.165) is 45.3 Å². The number of nitrogens with zero attached hydrogens (tertiary/aromatic N) is 1. The lowest BCUT2D eigenvalue weighted by atomic mass is 10.1. The van der Waals surface area contributed by atoms with Crippen LogP contribution in [0.2, 0.25) is 0 Å². The van der Waals surface area contributed by atoms with Crippen molar-refractivity contribution in [3.63, 3.8) is 0 Å². The van der Waals surface area contributed by atoms with Crippen molar-refractivity contribution in [1.82, 2.24) is 4.90 Å². The Hall–Kier alpha value is -1.06. The highest BCUT2D eigenvalue weighted by Crippen LogP contribution is 2.11. The van der Waals surface area contributed by atoms with Crippen molar-refractivity contribution in [2.75, 3.05) is 26.2 Å². The van der Waals surface area contributed by atoms with Gasteiger partial charge in [-0.1, -0.05) is 42.7 Å². The van der Waals surface area contributed by atoms with Gasteiger partial charge in [-0.05, 0) is 72.5 Å². The number of carbonyl (C=O) groups excluding carboxylic acids is 1. The molecule has 0 saturated heterocycles. The van der Waals surface area contributed by atoms with Gasteiger partial charge in [-0.15, -0.1) is 12.4 Å². The second-order valence-electron chi connectivity index (χ2n) is 6.92. The van der Waals surface area contributed by atoms with Crippen molar-refractivity contribution in [3.05, 3.63) is 34.9 Å². The summed E-state index contributed by atoms with van der Waals surface area (Å²) in [5, 5.41) is 0. The molecule has 0 rings (SSSR count). The molecule has 4 heteroatoms. The van der Waals surface area contributed by atoms with Crippen LogP contribution in [0.25, 0.3) is 0 Å². The van der Waals surface area contributed by atoms with Gasteiger partial charge in [0.25, 0.3) is 0 Å². The molecule has 0 amide bonds. The molecule has 0 fully saturated rings. The summed E-state index contributed by atoms with van der Waals surface area (Å²) in [6, 6.07) is 0. The molecule has 0 aromatic heterocycles. The molecule has 0 bridgehead atoms. The minimum absolute atomic E-state index is 0. The molecule has 26 heavy (non-hydrogen) atoms. The van der Waals surface area contributed by atoms with Gasteiger partial charge in [0.05, 0.1) is 6.42 Å². The third kappa shape index (κ3) is 16.4. The maximum atomic E-state index is 11.7. The number of carbonyl (C=O) groups is 1. The topological polar surface area (TPSA) is 29.5 Å². The molecule has 0 aliphatic rings.